The van der Waals surface area contributed by atoms with E-state index in [1.165, 1.54) is 6.07 Å². The zero-order valence-electron chi connectivity index (χ0n) is 11.9. The van der Waals surface area contributed by atoms with Gasteiger partial charge in [-0.2, -0.15) is 0 Å². The highest BCUT2D eigenvalue weighted by atomic mass is 79.9. The molecule has 21 heavy (non-hydrogen) atoms. The van der Waals surface area contributed by atoms with Crippen LogP contribution in [0.5, 0.6) is 0 Å². The second-order valence-electron chi connectivity index (χ2n) is 5.06. The zero-order valence-corrected chi connectivity index (χ0v) is 14.3. The summed E-state index contributed by atoms with van der Waals surface area (Å²) < 4.78 is 27.5. The van der Waals surface area contributed by atoms with Gasteiger partial charge in [0.2, 0.25) is 10.0 Å². The molecule has 0 aliphatic rings. The number of aliphatic hydroxyl groups is 1. The van der Waals surface area contributed by atoms with Crippen LogP contribution in [0.25, 0.3) is 0 Å². The Morgan fingerprint density at radius 2 is 1.95 bits per heavy atom. The number of carbonyl (C=O) groups is 1. The average Bonchev–Trinajstić information content (AvgIpc) is 2.38. The number of hydrogen-bond acceptors (Lipinski definition) is 4. The number of sulfonamides is 1. The van der Waals surface area contributed by atoms with Crippen molar-refractivity contribution >= 4 is 31.9 Å². The average molecular weight is 380 g/mol. The minimum atomic E-state index is -3.95. The Balaban J connectivity index is 3.34. The van der Waals surface area contributed by atoms with Crippen LogP contribution in [0.1, 0.15) is 29.8 Å². The maximum atomic E-state index is 12.4. The first-order valence-corrected chi connectivity index (χ1v) is 8.54. The van der Waals surface area contributed by atoms with Crippen molar-refractivity contribution in [1.82, 2.24) is 4.72 Å². The van der Waals surface area contributed by atoms with E-state index in [1.54, 1.807) is 20.8 Å². The molecule has 1 aromatic carbocycles. The van der Waals surface area contributed by atoms with E-state index in [1.807, 2.05) is 0 Å². The smallest absolute Gasteiger partial charge is 0.335 e. The summed E-state index contributed by atoms with van der Waals surface area (Å²) in [7, 11) is -3.95. The third-order valence-electron chi connectivity index (χ3n) is 3.07. The SMILES string of the molecule is Cc1cc(C(=O)O)cc(S(=O)(=O)N[C@H](CO)C(C)C)c1Br. The molecule has 3 N–H and O–H groups in total. The molecule has 0 spiro atoms. The van der Waals surface area contributed by atoms with Gasteiger partial charge >= 0.3 is 5.97 Å². The number of benzene rings is 1. The topological polar surface area (TPSA) is 104 Å². The van der Waals surface area contributed by atoms with Crippen molar-refractivity contribution in [3.63, 3.8) is 0 Å². The van der Waals surface area contributed by atoms with Crippen LogP contribution in [0.2, 0.25) is 0 Å². The highest BCUT2D eigenvalue weighted by molar-refractivity contribution is 9.10. The molecule has 0 bridgehead atoms. The lowest BCUT2D eigenvalue weighted by Crippen LogP contribution is -2.41. The number of aromatic carboxylic acids is 1. The van der Waals surface area contributed by atoms with Crippen LogP contribution < -0.4 is 4.72 Å². The summed E-state index contributed by atoms with van der Waals surface area (Å²) in [5.41, 5.74) is 0.390. The molecular formula is C13H18BrNO5S. The summed E-state index contributed by atoms with van der Waals surface area (Å²) in [4.78, 5) is 10.9. The van der Waals surface area contributed by atoms with E-state index in [0.29, 0.717) is 10.0 Å². The Morgan fingerprint density at radius 1 is 1.38 bits per heavy atom. The van der Waals surface area contributed by atoms with Gasteiger partial charge in [0.25, 0.3) is 0 Å². The zero-order chi connectivity index (χ0) is 16.4. The third-order valence-corrected chi connectivity index (χ3v) is 5.89. The van der Waals surface area contributed by atoms with Crippen molar-refractivity contribution in [3.05, 3.63) is 27.7 Å². The summed E-state index contributed by atoms with van der Waals surface area (Å²) in [5.74, 6) is -1.31. The van der Waals surface area contributed by atoms with Gasteiger partial charge in [0.15, 0.2) is 0 Å². The highest BCUT2D eigenvalue weighted by Crippen LogP contribution is 2.27. The quantitative estimate of drug-likeness (QED) is 0.698. The molecular weight excluding hydrogens is 362 g/mol. The van der Waals surface area contributed by atoms with E-state index in [2.05, 4.69) is 20.7 Å². The number of hydrogen-bond donors (Lipinski definition) is 3. The number of carboxylic acids is 1. The predicted octanol–water partition coefficient (Wildman–Crippen LogP) is 1.75. The van der Waals surface area contributed by atoms with Gasteiger partial charge < -0.3 is 10.2 Å². The number of rotatable bonds is 6. The molecule has 0 aliphatic heterocycles. The second kappa shape index (κ2) is 6.87. The molecule has 0 saturated carbocycles. The number of aryl methyl sites for hydroxylation is 1. The van der Waals surface area contributed by atoms with E-state index >= 15 is 0 Å². The van der Waals surface area contributed by atoms with E-state index in [4.69, 9.17) is 5.11 Å². The number of aliphatic hydroxyl groups excluding tert-OH is 1. The van der Waals surface area contributed by atoms with Gasteiger partial charge in [-0.05, 0) is 46.5 Å². The molecule has 0 aliphatic carbocycles. The Morgan fingerprint density at radius 3 is 2.38 bits per heavy atom. The maximum Gasteiger partial charge on any atom is 0.335 e. The van der Waals surface area contributed by atoms with Crippen molar-refractivity contribution in [1.29, 1.82) is 0 Å². The Bertz CT molecular complexity index is 642. The molecule has 1 atom stereocenters. The molecule has 0 saturated heterocycles. The highest BCUT2D eigenvalue weighted by Gasteiger charge is 2.25. The van der Waals surface area contributed by atoms with E-state index < -0.39 is 22.0 Å². The first-order valence-electron chi connectivity index (χ1n) is 6.26. The van der Waals surface area contributed by atoms with E-state index in [0.717, 1.165) is 6.07 Å². The van der Waals surface area contributed by atoms with Gasteiger partial charge in [-0.1, -0.05) is 13.8 Å². The monoisotopic (exact) mass is 379 g/mol. The molecule has 0 fully saturated rings. The maximum absolute atomic E-state index is 12.4. The Kier molecular flexibility index (Phi) is 5.92. The van der Waals surface area contributed by atoms with Crippen LogP contribution >= 0.6 is 15.9 Å². The third kappa shape index (κ3) is 4.26. The Hall–Kier alpha value is -0.960. The van der Waals surface area contributed by atoms with Gasteiger partial charge in [-0.25, -0.2) is 17.9 Å². The van der Waals surface area contributed by atoms with Crippen LogP contribution in [0, 0.1) is 12.8 Å². The van der Waals surface area contributed by atoms with Gasteiger partial charge in [0, 0.05) is 10.5 Å². The molecule has 0 radical (unpaired) electrons. The van der Waals surface area contributed by atoms with Crippen molar-refractivity contribution in [2.45, 2.75) is 31.7 Å². The van der Waals surface area contributed by atoms with Crippen LogP contribution in [-0.2, 0) is 10.0 Å². The molecule has 8 heteroatoms. The lowest BCUT2D eigenvalue weighted by atomic mass is 10.1. The second-order valence-corrected chi connectivity index (χ2v) is 7.54. The van der Waals surface area contributed by atoms with E-state index in [-0.39, 0.29) is 23.0 Å². The first kappa shape index (κ1) is 18.1. The molecule has 1 rings (SSSR count). The van der Waals surface area contributed by atoms with Gasteiger partial charge in [-0.15, -0.1) is 0 Å². The summed E-state index contributed by atoms with van der Waals surface area (Å²) >= 11 is 3.17. The molecule has 0 aromatic heterocycles. The fourth-order valence-electron chi connectivity index (χ4n) is 1.70. The summed E-state index contributed by atoms with van der Waals surface area (Å²) in [5, 5.41) is 18.3. The number of nitrogens with one attached hydrogen (secondary N) is 1. The summed E-state index contributed by atoms with van der Waals surface area (Å²) in [6.45, 7) is 4.82. The predicted molar refractivity (Wildman–Crippen MR) is 81.9 cm³/mol. The van der Waals surface area contributed by atoms with Gasteiger partial charge in [0.1, 0.15) is 0 Å². The van der Waals surface area contributed by atoms with Crippen LogP contribution in [0.4, 0.5) is 0 Å². The fourth-order valence-corrected chi connectivity index (χ4v) is 4.12. The van der Waals surface area contributed by atoms with Gasteiger partial charge in [-0.3, -0.25) is 0 Å². The largest absolute Gasteiger partial charge is 0.478 e. The normalized spacial score (nSPS) is 13.4. The minimum absolute atomic E-state index is 0.104. The number of halogens is 1. The first-order chi connectivity index (χ1) is 9.60. The van der Waals surface area contributed by atoms with Crippen LogP contribution in [-0.4, -0.2) is 37.2 Å². The lowest BCUT2D eigenvalue weighted by Gasteiger charge is -2.20. The molecule has 1 aromatic rings. The minimum Gasteiger partial charge on any atom is -0.478 e. The standard InChI is InChI=1S/C13H18BrNO5S/c1-7(2)10(6-16)15-21(19,20)11-5-9(13(17)18)4-8(3)12(11)14/h4-5,7,10,15-16H,6H2,1-3H3,(H,17,18)/t10-/m1/s1. The van der Waals surface area contributed by atoms with Crippen LogP contribution in [0.15, 0.2) is 21.5 Å². The molecule has 0 amide bonds. The summed E-state index contributed by atoms with van der Waals surface area (Å²) in [6, 6.07) is 1.84. The molecule has 0 unspecified atom stereocenters. The fraction of sp³-hybridized carbons (Fsp3) is 0.462. The summed E-state index contributed by atoms with van der Waals surface area (Å²) in [6.07, 6.45) is 0. The van der Waals surface area contributed by atoms with Crippen molar-refractivity contribution in [2.24, 2.45) is 5.92 Å². The van der Waals surface area contributed by atoms with Crippen molar-refractivity contribution in [3.8, 4) is 0 Å². The molecule has 118 valence electrons. The molecule has 0 heterocycles. The van der Waals surface area contributed by atoms with Crippen molar-refractivity contribution < 1.29 is 23.4 Å². The number of carboxylic acid groups (broad SMARTS) is 1. The van der Waals surface area contributed by atoms with Crippen molar-refractivity contribution in [2.75, 3.05) is 6.61 Å². The molecule has 6 nitrogen and oxygen atoms in total. The van der Waals surface area contributed by atoms with Gasteiger partial charge in [0.05, 0.1) is 17.1 Å². The van der Waals surface area contributed by atoms with Crippen LogP contribution in [0.3, 0.4) is 0 Å². The van der Waals surface area contributed by atoms with E-state index in [9.17, 15) is 18.3 Å². The lowest BCUT2D eigenvalue weighted by molar-refractivity contribution is 0.0696. The Labute approximate surface area is 132 Å².